The summed E-state index contributed by atoms with van der Waals surface area (Å²) < 4.78 is 0. The van der Waals surface area contributed by atoms with Gasteiger partial charge < -0.3 is 106 Å². The van der Waals surface area contributed by atoms with Gasteiger partial charge in [-0.2, -0.15) is 0 Å². The molecule has 3 rings (SSSR count). The Bertz CT molecular complexity index is 2830. The zero-order valence-corrected chi connectivity index (χ0v) is 52.5. The molecular formula is C56H90N18O21. The summed E-state index contributed by atoms with van der Waals surface area (Å²) in [7, 11) is 0. The monoisotopic (exact) mass is 1350 g/mol. The third-order valence-corrected chi connectivity index (χ3v) is 14.8. The molecule has 3 unspecified atom stereocenters. The molecule has 25 N–H and O–H groups in total. The van der Waals surface area contributed by atoms with Gasteiger partial charge in [-0.05, 0) is 109 Å². The quantitative estimate of drug-likeness (QED) is 0.00741. The molecule has 39 nitrogen and oxygen atoms in total. The minimum Gasteiger partial charge on any atom is -0.508 e. The summed E-state index contributed by atoms with van der Waals surface area (Å²) >= 11 is 0. The maximum atomic E-state index is 14.4. The number of hydroxylamine groups is 4. The summed E-state index contributed by atoms with van der Waals surface area (Å²) in [5.74, 6) is -11.9. The molecule has 2 aliphatic heterocycles. The number of amides is 12. The molecule has 0 radical (unpaired) electrons. The van der Waals surface area contributed by atoms with Crippen LogP contribution in [-0.2, 0) is 68.7 Å². The first-order chi connectivity index (χ1) is 45.0. The normalized spacial score (nSPS) is 20.4. The van der Waals surface area contributed by atoms with E-state index in [4.69, 9.17) is 17.2 Å². The van der Waals surface area contributed by atoms with Crippen LogP contribution in [0.2, 0.25) is 0 Å². The van der Waals surface area contributed by atoms with Crippen molar-refractivity contribution in [3.05, 3.63) is 29.8 Å². The summed E-state index contributed by atoms with van der Waals surface area (Å²) in [4.78, 5) is 180. The van der Waals surface area contributed by atoms with Gasteiger partial charge in [0.2, 0.25) is 71.9 Å². The van der Waals surface area contributed by atoms with Crippen LogP contribution in [0.5, 0.6) is 5.75 Å². The summed E-state index contributed by atoms with van der Waals surface area (Å²) in [5, 5.41) is 108. The number of benzene rings is 1. The van der Waals surface area contributed by atoms with Gasteiger partial charge >= 0.3 is 5.97 Å². The van der Waals surface area contributed by atoms with Crippen molar-refractivity contribution in [1.82, 2.24) is 68.6 Å². The molecule has 39 heteroatoms. The summed E-state index contributed by atoms with van der Waals surface area (Å²) in [5.41, 5.74) is 17.2. The highest BCUT2D eigenvalue weighted by molar-refractivity contribution is 5.99. The topological polar surface area (TPSA) is 625 Å². The Morgan fingerprint density at radius 1 is 0.684 bits per heavy atom. The number of aliphatic carboxylic acids is 1. The number of guanidine groups is 1. The first-order valence-electron chi connectivity index (χ1n) is 30.5. The van der Waals surface area contributed by atoms with Gasteiger partial charge in [-0.1, -0.05) is 12.1 Å². The molecular weight excluding hydrogens is 1260 g/mol. The van der Waals surface area contributed by atoms with Crippen LogP contribution in [0.1, 0.15) is 96.5 Å². The fraction of sp³-hybridized carbons (Fsp3) is 0.625. The number of nitrogens with two attached hydrogens (primary N) is 3. The highest BCUT2D eigenvalue weighted by Crippen LogP contribution is 2.16. The van der Waals surface area contributed by atoms with E-state index in [9.17, 15) is 103 Å². The third-order valence-electron chi connectivity index (χ3n) is 14.8. The second kappa shape index (κ2) is 41.3. The van der Waals surface area contributed by atoms with Crippen molar-refractivity contribution in [2.24, 2.45) is 27.2 Å². The highest BCUT2D eigenvalue weighted by atomic mass is 16.5. The lowest BCUT2D eigenvalue weighted by atomic mass is 10.0. The standard InChI is InChI=1S/C56H90N18O21/c1-29(79)43-53(90)61-19-4-3-8-34(46(83)66-37(11-7-23-74(95)28-78)50(87)71-44(30(2)80)54(91)72-43)65-47(84)36(10-6-22-73(94)27-77)68-52(89)40(25-75)69-48(85)35(9-5-20-62-56(58)59)67-51(88)41(26-76)70-49(86)38-18-21-60-45(64-38)39(24-31-12-14-32(81)15-13-31)63-42(82)17-16-33(57)55(92)93/h12-15,27-30,33-41,43-44,75-76,79-81,94-95H,3-11,16-26,57H2,1-2H3,(H,60,64)(H,61,90)(H,63,82)(H,65,84)(H,66,83)(H,67,88)(H,68,89)(H,69,85)(H,70,86)(H,71,87)(H,72,91)(H,92,93)(H4,58,59,62)/t29?,30?,33-,34-,35-,36-,37-,38-,39?,40-,41-,43-,44-/m0/s1. The average Bonchev–Trinajstić information content (AvgIpc) is 1.05. The smallest absolute Gasteiger partial charge is 0.320 e. The van der Waals surface area contributed by atoms with Crippen LogP contribution in [0.15, 0.2) is 34.3 Å². The molecule has 0 bridgehead atoms. The molecule has 0 aromatic heterocycles. The SMILES string of the molecule is CC(O)[C@@H]1NC(=O)[C@H](CCCN(O)C=O)NC(=O)[C@@H](NC(=O)[C@H](CCCN(O)C=O)NC(=O)[C@H](CO)NC(=O)[C@H](CCCN=C(N)N)NC(=O)[C@H](CO)NC(=O)[C@@H]2CCNC(C(Cc3ccc(O)cc3)NC(=O)CC[C@H](N)C(=O)O)=N2)CCCCNC(=O)[C@H](C(C)O)NC1=O. The molecule has 1 fully saturated rings. The number of carboxylic acid groups (broad SMARTS) is 1. The maximum Gasteiger partial charge on any atom is 0.320 e. The number of rotatable bonds is 36. The van der Waals surface area contributed by atoms with Crippen molar-refractivity contribution in [2.45, 2.75) is 176 Å². The van der Waals surface area contributed by atoms with Crippen LogP contribution in [0.4, 0.5) is 0 Å². The van der Waals surface area contributed by atoms with Crippen LogP contribution in [0.25, 0.3) is 0 Å². The number of carbonyl (C=O) groups is 13. The van der Waals surface area contributed by atoms with Gasteiger partial charge in [0.1, 0.15) is 72.0 Å². The number of hydrogen-bond acceptors (Lipinski definition) is 24. The van der Waals surface area contributed by atoms with Crippen molar-refractivity contribution >= 4 is 89.7 Å². The van der Waals surface area contributed by atoms with Gasteiger partial charge in [0, 0.05) is 39.1 Å². The number of carbonyl (C=O) groups excluding carboxylic acids is 12. The van der Waals surface area contributed by atoms with Crippen molar-refractivity contribution in [2.75, 3.05) is 45.9 Å². The lowest BCUT2D eigenvalue weighted by Gasteiger charge is -2.29. The molecule has 0 spiro atoms. The van der Waals surface area contributed by atoms with Crippen molar-refractivity contribution in [1.29, 1.82) is 0 Å². The molecule has 530 valence electrons. The van der Waals surface area contributed by atoms with Gasteiger partial charge in [0.15, 0.2) is 5.96 Å². The minimum atomic E-state index is -1.94. The van der Waals surface area contributed by atoms with E-state index < -0.39 is 170 Å². The molecule has 95 heavy (non-hydrogen) atoms. The van der Waals surface area contributed by atoms with Gasteiger partial charge in [-0.3, -0.25) is 82.7 Å². The molecule has 0 aliphatic carbocycles. The van der Waals surface area contributed by atoms with Crippen molar-refractivity contribution in [3.63, 3.8) is 0 Å². The predicted molar refractivity (Wildman–Crippen MR) is 330 cm³/mol. The average molecular weight is 1350 g/mol. The number of aliphatic imine (C=N–C) groups is 2. The van der Waals surface area contributed by atoms with Gasteiger partial charge in [0.05, 0.1) is 31.5 Å². The van der Waals surface area contributed by atoms with Crippen LogP contribution >= 0.6 is 0 Å². The van der Waals surface area contributed by atoms with E-state index in [1.807, 2.05) is 0 Å². The number of aliphatic hydroxyl groups is 4. The number of nitrogens with one attached hydrogen (secondary N) is 11. The number of nitrogens with zero attached hydrogens (tertiary/aromatic N) is 4. The van der Waals surface area contributed by atoms with Crippen LogP contribution in [0.3, 0.4) is 0 Å². The van der Waals surface area contributed by atoms with Crippen molar-refractivity contribution in [3.8, 4) is 5.75 Å². The Morgan fingerprint density at radius 2 is 1.24 bits per heavy atom. The van der Waals surface area contributed by atoms with Crippen LogP contribution in [-0.4, -0.2) is 265 Å². The zero-order chi connectivity index (χ0) is 70.9. The molecule has 1 aromatic rings. The summed E-state index contributed by atoms with van der Waals surface area (Å²) in [6.45, 7) is -0.817. The van der Waals surface area contributed by atoms with E-state index in [1.54, 1.807) is 12.1 Å². The lowest BCUT2D eigenvalue weighted by molar-refractivity contribution is -0.150. The second-order valence-electron chi connectivity index (χ2n) is 22.5. The van der Waals surface area contributed by atoms with E-state index in [0.717, 1.165) is 6.92 Å². The first-order valence-corrected chi connectivity index (χ1v) is 30.5. The van der Waals surface area contributed by atoms with Crippen LogP contribution in [0, 0.1) is 0 Å². The Labute approximate surface area is 544 Å². The van der Waals surface area contributed by atoms with E-state index in [-0.39, 0.29) is 144 Å². The molecule has 13 atom stereocenters. The fourth-order valence-corrected chi connectivity index (χ4v) is 9.50. The fourth-order valence-electron chi connectivity index (χ4n) is 9.50. The van der Waals surface area contributed by atoms with Gasteiger partial charge in [-0.25, -0.2) is 10.1 Å². The molecule has 0 saturated carbocycles. The molecule has 2 aliphatic rings. The Balaban J connectivity index is 1.93. The van der Waals surface area contributed by atoms with Gasteiger partial charge in [-0.15, -0.1) is 0 Å². The first kappa shape index (κ1) is 79.8. The largest absolute Gasteiger partial charge is 0.508 e. The number of aliphatic hydroxyl groups excluding tert-OH is 4. The number of phenols is 1. The van der Waals surface area contributed by atoms with Crippen LogP contribution < -0.4 is 75.7 Å². The minimum absolute atomic E-state index is 0.0299. The number of carboxylic acids is 1. The van der Waals surface area contributed by atoms with E-state index in [2.05, 4.69) is 68.5 Å². The summed E-state index contributed by atoms with van der Waals surface area (Å²) in [6.07, 6.45) is -5.07. The Hall–Kier alpha value is -9.41. The van der Waals surface area contributed by atoms with E-state index in [0.29, 0.717) is 5.56 Å². The highest BCUT2D eigenvalue weighted by Gasteiger charge is 2.38. The number of amidine groups is 1. The van der Waals surface area contributed by atoms with E-state index >= 15 is 0 Å². The molecule has 12 amide bonds. The Kier molecular flexibility index (Phi) is 34.7. The Morgan fingerprint density at radius 3 is 1.83 bits per heavy atom. The second-order valence-corrected chi connectivity index (χ2v) is 22.5. The van der Waals surface area contributed by atoms with E-state index in [1.165, 1.54) is 19.1 Å². The number of hydrogen-bond donors (Lipinski definition) is 22. The zero-order valence-electron chi connectivity index (χ0n) is 52.5. The number of aromatic hydroxyl groups is 1. The predicted octanol–water partition coefficient (Wildman–Crippen LogP) is -9.39. The lowest BCUT2D eigenvalue weighted by Crippen LogP contribution is -2.62. The third kappa shape index (κ3) is 28.4. The molecule has 1 saturated heterocycles. The summed E-state index contributed by atoms with van der Waals surface area (Å²) in [6, 6.07) is -11.3. The number of phenolic OH excluding ortho intramolecular Hbond substituents is 1. The maximum absolute atomic E-state index is 14.4. The van der Waals surface area contributed by atoms with Gasteiger partial charge in [0.25, 0.3) is 0 Å². The molecule has 1 aromatic carbocycles. The van der Waals surface area contributed by atoms with Crippen molar-refractivity contribution < 1.29 is 103 Å². The molecule has 2 heterocycles.